The smallest absolute Gasteiger partial charge is 0.198 e. The Kier molecular flexibility index (Phi) is 6.02. The van der Waals surface area contributed by atoms with Crippen molar-refractivity contribution in [3.63, 3.8) is 0 Å². The summed E-state index contributed by atoms with van der Waals surface area (Å²) in [5.41, 5.74) is 1.24. The number of aryl methyl sites for hydroxylation is 1. The molecule has 1 atom stereocenters. The molecule has 0 fully saturated rings. The number of hydrogen-bond acceptors (Lipinski definition) is 6. The van der Waals surface area contributed by atoms with Gasteiger partial charge in [0.2, 0.25) is 0 Å². The predicted molar refractivity (Wildman–Crippen MR) is 108 cm³/mol. The van der Waals surface area contributed by atoms with Crippen molar-refractivity contribution in [2.75, 3.05) is 6.54 Å². The van der Waals surface area contributed by atoms with Crippen molar-refractivity contribution in [2.24, 2.45) is 7.05 Å². The number of hydrogen-bond donors (Lipinski definition) is 0. The van der Waals surface area contributed by atoms with Crippen LogP contribution in [0.5, 0.6) is 5.75 Å². The number of furan rings is 1. The lowest BCUT2D eigenvalue weighted by Crippen LogP contribution is -2.32. The third-order valence-electron chi connectivity index (χ3n) is 4.88. The lowest BCUT2D eigenvalue weighted by molar-refractivity contribution is 0.127. The maximum Gasteiger partial charge on any atom is 0.198 e. The average molecular weight is 399 g/mol. The fourth-order valence-corrected chi connectivity index (χ4v) is 4.18. The first-order valence-corrected chi connectivity index (χ1v) is 10.6. The van der Waals surface area contributed by atoms with Gasteiger partial charge in [0.15, 0.2) is 10.2 Å². The Morgan fingerprint density at radius 3 is 2.93 bits per heavy atom. The van der Waals surface area contributed by atoms with Crippen LogP contribution in [0.25, 0.3) is 0 Å². The maximum atomic E-state index is 6.32. The van der Waals surface area contributed by atoms with E-state index in [1.54, 1.807) is 6.33 Å². The molecule has 0 unspecified atom stereocenters. The van der Waals surface area contributed by atoms with Gasteiger partial charge >= 0.3 is 0 Å². The molecule has 0 bridgehead atoms. The molecular formula is C21H26N4O2S. The van der Waals surface area contributed by atoms with E-state index in [2.05, 4.69) is 46.3 Å². The molecule has 148 valence electrons. The molecule has 0 spiro atoms. The van der Waals surface area contributed by atoms with Gasteiger partial charge < -0.3 is 13.7 Å². The standard InChI is InChI=1S/C21H26N4O2S/c1-3-4-8-17-13-25(12-16-7-5-6-9-19(16)26-17)14-18-10-11-20(27-18)28-21-23-22-15-24(21)2/h5-7,9-11,15,17H,3-4,8,12-14H2,1-2H3/t17-/m0/s1. The van der Waals surface area contributed by atoms with Crippen LogP contribution in [0.1, 0.15) is 37.5 Å². The molecule has 7 heteroatoms. The van der Waals surface area contributed by atoms with Crippen molar-refractivity contribution in [1.29, 1.82) is 0 Å². The third kappa shape index (κ3) is 4.59. The van der Waals surface area contributed by atoms with Crippen LogP contribution in [0.2, 0.25) is 0 Å². The first-order chi connectivity index (χ1) is 13.7. The molecule has 6 nitrogen and oxygen atoms in total. The predicted octanol–water partition coefficient (Wildman–Crippen LogP) is 4.51. The van der Waals surface area contributed by atoms with Gasteiger partial charge in [0.25, 0.3) is 0 Å². The summed E-state index contributed by atoms with van der Waals surface area (Å²) in [6.45, 7) is 4.76. The topological polar surface area (TPSA) is 56.3 Å². The van der Waals surface area contributed by atoms with Gasteiger partial charge in [-0.25, -0.2) is 0 Å². The van der Waals surface area contributed by atoms with Crippen LogP contribution in [-0.2, 0) is 20.1 Å². The number of benzene rings is 1. The van der Waals surface area contributed by atoms with Gasteiger partial charge in [-0.2, -0.15) is 0 Å². The van der Waals surface area contributed by atoms with Crippen LogP contribution in [-0.4, -0.2) is 32.3 Å². The minimum atomic E-state index is 0.214. The fourth-order valence-electron chi connectivity index (χ4n) is 3.44. The van der Waals surface area contributed by atoms with E-state index in [4.69, 9.17) is 9.15 Å². The van der Waals surface area contributed by atoms with Gasteiger partial charge in [-0.3, -0.25) is 4.90 Å². The van der Waals surface area contributed by atoms with Crippen molar-refractivity contribution in [3.8, 4) is 5.75 Å². The molecule has 1 aliphatic rings. The molecule has 0 N–H and O–H groups in total. The van der Waals surface area contributed by atoms with Crippen molar-refractivity contribution in [1.82, 2.24) is 19.7 Å². The molecule has 0 amide bonds. The summed E-state index contributed by atoms with van der Waals surface area (Å²) in [6, 6.07) is 12.4. The van der Waals surface area contributed by atoms with Crippen LogP contribution >= 0.6 is 11.8 Å². The van der Waals surface area contributed by atoms with E-state index in [0.29, 0.717) is 0 Å². The number of rotatable bonds is 7. The maximum absolute atomic E-state index is 6.32. The summed E-state index contributed by atoms with van der Waals surface area (Å²) in [4.78, 5) is 2.42. The number of fused-ring (bicyclic) bond motifs is 1. The highest BCUT2D eigenvalue weighted by atomic mass is 32.2. The summed E-state index contributed by atoms with van der Waals surface area (Å²) in [5.74, 6) is 1.97. The van der Waals surface area contributed by atoms with Gasteiger partial charge in [-0.1, -0.05) is 31.5 Å². The summed E-state index contributed by atoms with van der Waals surface area (Å²) in [5, 5.41) is 9.66. The molecule has 0 saturated heterocycles. The number of unbranched alkanes of at least 4 members (excludes halogenated alkanes) is 1. The molecular weight excluding hydrogens is 372 g/mol. The minimum Gasteiger partial charge on any atom is -0.489 e. The quantitative estimate of drug-likeness (QED) is 0.583. The van der Waals surface area contributed by atoms with Gasteiger partial charge in [0.05, 0.1) is 6.54 Å². The molecule has 0 saturated carbocycles. The first kappa shape index (κ1) is 19.1. The van der Waals surface area contributed by atoms with E-state index in [0.717, 1.165) is 47.8 Å². The molecule has 0 radical (unpaired) electrons. The molecule has 4 rings (SSSR count). The Bertz CT molecular complexity index is 907. The summed E-state index contributed by atoms with van der Waals surface area (Å²) in [6.07, 6.45) is 5.35. The van der Waals surface area contributed by atoms with Gasteiger partial charge in [0, 0.05) is 25.7 Å². The zero-order chi connectivity index (χ0) is 19.3. The molecule has 3 heterocycles. The van der Waals surface area contributed by atoms with Crippen molar-refractivity contribution >= 4 is 11.8 Å². The van der Waals surface area contributed by atoms with Crippen LogP contribution in [0.4, 0.5) is 0 Å². The summed E-state index contributed by atoms with van der Waals surface area (Å²) >= 11 is 1.49. The van der Waals surface area contributed by atoms with E-state index >= 15 is 0 Å². The Hall–Kier alpha value is -2.25. The fraction of sp³-hybridized carbons (Fsp3) is 0.429. The minimum absolute atomic E-state index is 0.214. The monoisotopic (exact) mass is 398 g/mol. The Balaban J connectivity index is 1.46. The normalized spacial score (nSPS) is 17.1. The van der Waals surface area contributed by atoms with Crippen molar-refractivity contribution in [3.05, 3.63) is 54.0 Å². The Labute approximate surface area is 169 Å². The molecule has 1 aliphatic heterocycles. The number of nitrogens with zero attached hydrogens (tertiary/aromatic N) is 4. The van der Waals surface area contributed by atoms with Crippen LogP contribution in [0.15, 0.2) is 57.4 Å². The molecule has 28 heavy (non-hydrogen) atoms. The lowest BCUT2D eigenvalue weighted by Gasteiger charge is -2.23. The number of ether oxygens (including phenoxy) is 1. The van der Waals surface area contributed by atoms with E-state index in [9.17, 15) is 0 Å². The zero-order valence-corrected chi connectivity index (χ0v) is 17.2. The van der Waals surface area contributed by atoms with E-state index in [1.807, 2.05) is 23.7 Å². The number of para-hydroxylation sites is 1. The van der Waals surface area contributed by atoms with E-state index in [1.165, 1.54) is 30.2 Å². The number of aromatic nitrogens is 3. The third-order valence-corrected chi connectivity index (χ3v) is 5.85. The lowest BCUT2D eigenvalue weighted by atomic mass is 10.1. The molecule has 1 aromatic carbocycles. The van der Waals surface area contributed by atoms with E-state index < -0.39 is 0 Å². The summed E-state index contributed by atoms with van der Waals surface area (Å²) < 4.78 is 14.3. The summed E-state index contributed by atoms with van der Waals surface area (Å²) in [7, 11) is 1.93. The molecule has 2 aromatic heterocycles. The van der Waals surface area contributed by atoms with Crippen LogP contribution in [0, 0.1) is 0 Å². The Morgan fingerprint density at radius 1 is 1.21 bits per heavy atom. The van der Waals surface area contributed by atoms with E-state index in [-0.39, 0.29) is 6.10 Å². The average Bonchev–Trinajstić information content (AvgIpc) is 3.25. The second kappa shape index (κ2) is 8.84. The second-order valence-corrected chi connectivity index (χ2v) is 8.18. The molecule has 3 aromatic rings. The van der Waals surface area contributed by atoms with Crippen LogP contribution < -0.4 is 4.74 Å². The van der Waals surface area contributed by atoms with Crippen LogP contribution in [0.3, 0.4) is 0 Å². The first-order valence-electron chi connectivity index (χ1n) is 9.78. The molecule has 0 aliphatic carbocycles. The Morgan fingerprint density at radius 2 is 2.11 bits per heavy atom. The zero-order valence-electron chi connectivity index (χ0n) is 16.4. The highest BCUT2D eigenvalue weighted by molar-refractivity contribution is 7.99. The SMILES string of the molecule is CCCC[C@H]1CN(Cc2ccc(Sc3nncn3C)o2)Cc2ccccc2O1. The highest BCUT2D eigenvalue weighted by Crippen LogP contribution is 2.30. The second-order valence-electron chi connectivity index (χ2n) is 7.21. The van der Waals surface area contributed by atoms with Crippen molar-refractivity contribution < 1.29 is 9.15 Å². The van der Waals surface area contributed by atoms with Gasteiger partial charge in [-0.05, 0) is 42.8 Å². The largest absolute Gasteiger partial charge is 0.489 e. The van der Waals surface area contributed by atoms with Gasteiger partial charge in [-0.15, -0.1) is 10.2 Å². The van der Waals surface area contributed by atoms with Crippen molar-refractivity contribution in [2.45, 2.75) is 55.6 Å². The van der Waals surface area contributed by atoms with Gasteiger partial charge in [0.1, 0.15) is 23.9 Å². The highest BCUT2D eigenvalue weighted by Gasteiger charge is 2.23.